The van der Waals surface area contributed by atoms with Gasteiger partial charge < -0.3 is 10.6 Å². The van der Waals surface area contributed by atoms with Crippen LogP contribution in [0.3, 0.4) is 0 Å². The number of nitrogens with zero attached hydrogens (tertiary/aromatic N) is 2. The highest BCUT2D eigenvalue weighted by atomic mass is 35.5. The average molecular weight is 261 g/mol. The highest BCUT2D eigenvalue weighted by Crippen LogP contribution is 2.11. The van der Waals surface area contributed by atoms with Gasteiger partial charge in [-0.25, -0.2) is 9.37 Å². The van der Waals surface area contributed by atoms with E-state index in [2.05, 4.69) is 15.6 Å². The zero-order chi connectivity index (χ0) is 12.8. The molecule has 0 fully saturated rings. The minimum atomic E-state index is -0.616. The molecule has 1 aromatic heterocycles. The lowest BCUT2D eigenvalue weighted by Gasteiger charge is -2.08. The Labute approximate surface area is 102 Å². The first-order chi connectivity index (χ1) is 8.02. The molecule has 1 heterocycles. The molecule has 0 spiro atoms. The minimum Gasteiger partial charge on any atom is -0.370 e. The predicted molar refractivity (Wildman–Crippen MR) is 60.2 cm³/mol. The first-order valence-electron chi connectivity index (χ1n) is 4.59. The van der Waals surface area contributed by atoms with Crippen LogP contribution in [0.5, 0.6) is 0 Å². The van der Waals surface area contributed by atoms with Gasteiger partial charge in [0.05, 0.1) is 4.92 Å². The Bertz CT molecular complexity index is 453. The molecular weight excluding hydrogens is 251 g/mol. The standard InChI is InChI=1S/C9H10ClFN4O2/c1-12-9(5-15(16)17)14-4-6-3-13-8(10)2-7(6)11/h2-3,5,12,14H,4H2,1H3/b9-5+. The van der Waals surface area contributed by atoms with Crippen molar-refractivity contribution in [2.45, 2.75) is 6.54 Å². The van der Waals surface area contributed by atoms with Gasteiger partial charge in [0.15, 0.2) is 5.82 Å². The summed E-state index contributed by atoms with van der Waals surface area (Å²) in [5, 5.41) is 15.5. The maximum absolute atomic E-state index is 13.3. The van der Waals surface area contributed by atoms with E-state index in [1.807, 2.05) is 0 Å². The number of hydrogen-bond acceptors (Lipinski definition) is 5. The summed E-state index contributed by atoms with van der Waals surface area (Å²) in [5.41, 5.74) is 0.263. The SMILES string of the molecule is CN/C(=C\[N+](=O)[O-])NCc1cnc(Cl)cc1F. The summed E-state index contributed by atoms with van der Waals surface area (Å²) >= 11 is 5.49. The number of halogens is 2. The van der Waals surface area contributed by atoms with Crippen molar-refractivity contribution >= 4 is 11.6 Å². The number of pyridine rings is 1. The van der Waals surface area contributed by atoms with Gasteiger partial charge in [0.2, 0.25) is 0 Å². The molecule has 0 unspecified atom stereocenters. The normalized spacial score (nSPS) is 11.1. The van der Waals surface area contributed by atoms with Crippen molar-refractivity contribution < 1.29 is 9.31 Å². The summed E-state index contributed by atoms with van der Waals surface area (Å²) in [4.78, 5) is 13.3. The summed E-state index contributed by atoms with van der Waals surface area (Å²) in [6, 6.07) is 1.08. The molecule has 0 saturated carbocycles. The summed E-state index contributed by atoms with van der Waals surface area (Å²) < 4.78 is 13.3. The molecule has 2 N–H and O–H groups in total. The second-order valence-electron chi connectivity index (χ2n) is 3.03. The van der Waals surface area contributed by atoms with E-state index in [9.17, 15) is 14.5 Å². The van der Waals surface area contributed by atoms with Crippen molar-refractivity contribution in [2.75, 3.05) is 7.05 Å². The van der Waals surface area contributed by atoms with Crippen LogP contribution in [0, 0.1) is 15.9 Å². The molecule has 0 atom stereocenters. The second-order valence-corrected chi connectivity index (χ2v) is 3.42. The van der Waals surface area contributed by atoms with Gasteiger partial charge in [0, 0.05) is 31.4 Å². The fourth-order valence-electron chi connectivity index (χ4n) is 1.06. The minimum absolute atomic E-state index is 0.0564. The van der Waals surface area contributed by atoms with Gasteiger partial charge in [0.1, 0.15) is 11.0 Å². The molecule has 0 aromatic carbocycles. The number of rotatable bonds is 5. The molecule has 17 heavy (non-hydrogen) atoms. The fraction of sp³-hybridized carbons (Fsp3) is 0.222. The fourth-order valence-corrected chi connectivity index (χ4v) is 1.20. The van der Waals surface area contributed by atoms with Crippen LogP contribution < -0.4 is 10.6 Å². The van der Waals surface area contributed by atoms with Crippen molar-refractivity contribution in [3.63, 3.8) is 0 Å². The summed E-state index contributed by atoms with van der Waals surface area (Å²) in [6.45, 7) is 0.0660. The molecule has 0 amide bonds. The zero-order valence-electron chi connectivity index (χ0n) is 8.91. The van der Waals surface area contributed by atoms with E-state index in [0.717, 1.165) is 12.3 Å². The van der Waals surface area contributed by atoms with Crippen molar-refractivity contribution in [2.24, 2.45) is 0 Å². The van der Waals surface area contributed by atoms with Crippen molar-refractivity contribution in [1.82, 2.24) is 15.6 Å². The van der Waals surface area contributed by atoms with Crippen LogP contribution in [-0.2, 0) is 6.54 Å². The van der Waals surface area contributed by atoms with Gasteiger partial charge in [0.25, 0.3) is 6.20 Å². The number of nitrogens with one attached hydrogen (secondary N) is 2. The van der Waals surface area contributed by atoms with E-state index in [0.29, 0.717) is 0 Å². The van der Waals surface area contributed by atoms with Crippen LogP contribution in [0.15, 0.2) is 24.3 Å². The molecule has 92 valence electrons. The van der Waals surface area contributed by atoms with Crippen molar-refractivity contribution in [3.05, 3.63) is 50.9 Å². The average Bonchev–Trinajstić information content (AvgIpc) is 2.25. The van der Waals surface area contributed by atoms with E-state index < -0.39 is 10.7 Å². The maximum Gasteiger partial charge on any atom is 0.274 e. The first-order valence-corrected chi connectivity index (χ1v) is 4.97. The molecule has 0 bridgehead atoms. The van der Waals surface area contributed by atoms with Crippen LogP contribution in [0.4, 0.5) is 4.39 Å². The van der Waals surface area contributed by atoms with Gasteiger partial charge in [-0.05, 0) is 0 Å². The Morgan fingerprint density at radius 1 is 1.76 bits per heavy atom. The van der Waals surface area contributed by atoms with Gasteiger partial charge in [-0.2, -0.15) is 0 Å². The predicted octanol–water partition coefficient (Wildman–Crippen LogP) is 1.26. The van der Waals surface area contributed by atoms with Gasteiger partial charge >= 0.3 is 0 Å². The summed E-state index contributed by atoms with van der Waals surface area (Å²) in [6.07, 6.45) is 2.02. The highest BCUT2D eigenvalue weighted by Gasteiger charge is 2.05. The largest absolute Gasteiger partial charge is 0.370 e. The third-order valence-electron chi connectivity index (χ3n) is 1.87. The Balaban J connectivity index is 2.69. The Morgan fingerprint density at radius 3 is 3.00 bits per heavy atom. The monoisotopic (exact) mass is 260 g/mol. The topological polar surface area (TPSA) is 80.1 Å². The lowest BCUT2D eigenvalue weighted by molar-refractivity contribution is -0.404. The molecule has 1 aromatic rings. The summed E-state index contributed by atoms with van der Waals surface area (Å²) in [5.74, 6) is -0.349. The second kappa shape index (κ2) is 6.00. The van der Waals surface area contributed by atoms with E-state index in [4.69, 9.17) is 11.6 Å². The first kappa shape index (κ1) is 13.2. The van der Waals surface area contributed by atoms with Gasteiger partial charge in [-0.1, -0.05) is 11.6 Å². The smallest absolute Gasteiger partial charge is 0.274 e. The van der Waals surface area contributed by atoms with E-state index in [-0.39, 0.29) is 23.1 Å². The van der Waals surface area contributed by atoms with E-state index >= 15 is 0 Å². The maximum atomic E-state index is 13.3. The zero-order valence-corrected chi connectivity index (χ0v) is 9.66. The lowest BCUT2D eigenvalue weighted by Crippen LogP contribution is -2.24. The van der Waals surface area contributed by atoms with Crippen LogP contribution in [-0.4, -0.2) is 17.0 Å². The van der Waals surface area contributed by atoms with Crippen LogP contribution >= 0.6 is 11.6 Å². The number of aromatic nitrogens is 1. The summed E-state index contributed by atoms with van der Waals surface area (Å²) in [7, 11) is 1.51. The van der Waals surface area contributed by atoms with Gasteiger partial charge in [-0.15, -0.1) is 0 Å². The van der Waals surface area contributed by atoms with Crippen molar-refractivity contribution in [1.29, 1.82) is 0 Å². The molecule has 0 radical (unpaired) electrons. The highest BCUT2D eigenvalue weighted by molar-refractivity contribution is 6.29. The van der Waals surface area contributed by atoms with E-state index in [1.165, 1.54) is 13.2 Å². The number of nitro groups is 1. The molecule has 0 aliphatic carbocycles. The van der Waals surface area contributed by atoms with Crippen LogP contribution in [0.1, 0.15) is 5.56 Å². The molecular formula is C9H10ClFN4O2. The molecule has 0 aliphatic rings. The molecule has 6 nitrogen and oxygen atoms in total. The third kappa shape index (κ3) is 4.23. The lowest BCUT2D eigenvalue weighted by atomic mass is 10.2. The Morgan fingerprint density at radius 2 is 2.47 bits per heavy atom. The molecule has 0 aliphatic heterocycles. The third-order valence-corrected chi connectivity index (χ3v) is 2.08. The van der Waals surface area contributed by atoms with Crippen LogP contribution in [0.25, 0.3) is 0 Å². The van der Waals surface area contributed by atoms with Gasteiger partial charge in [-0.3, -0.25) is 10.1 Å². The Hall–Kier alpha value is -1.89. The van der Waals surface area contributed by atoms with Crippen molar-refractivity contribution in [3.8, 4) is 0 Å². The molecule has 8 heteroatoms. The Kier molecular flexibility index (Phi) is 4.65. The number of hydrogen-bond donors (Lipinski definition) is 2. The molecule has 0 saturated heterocycles. The molecule has 1 rings (SSSR count). The quantitative estimate of drug-likeness (QED) is 0.473. The van der Waals surface area contributed by atoms with Crippen LogP contribution in [0.2, 0.25) is 5.15 Å². The van der Waals surface area contributed by atoms with E-state index in [1.54, 1.807) is 0 Å².